The minimum absolute atomic E-state index is 0.0919. The summed E-state index contributed by atoms with van der Waals surface area (Å²) in [5.74, 6) is -0.429. The van der Waals surface area contributed by atoms with E-state index in [9.17, 15) is 13.2 Å². The lowest BCUT2D eigenvalue weighted by Crippen LogP contribution is -2.10. The molecule has 0 saturated carbocycles. The third kappa shape index (κ3) is 3.59. The third-order valence-electron chi connectivity index (χ3n) is 2.92. The van der Waals surface area contributed by atoms with Crippen molar-refractivity contribution in [2.45, 2.75) is 6.18 Å². The van der Waals surface area contributed by atoms with Gasteiger partial charge >= 0.3 is 6.18 Å². The summed E-state index contributed by atoms with van der Waals surface area (Å²) in [7, 11) is 2.41. The summed E-state index contributed by atoms with van der Waals surface area (Å²) in [6, 6.07) is 3.60. The fraction of sp³-hybridized carbons (Fsp3) is 0.214. The van der Waals surface area contributed by atoms with E-state index in [2.05, 4.69) is 4.98 Å². The Kier molecular flexibility index (Phi) is 5.18. The lowest BCUT2D eigenvalue weighted by molar-refractivity contribution is -0.141. The molecule has 0 atom stereocenters. The minimum Gasteiger partial charge on any atom is -0.496 e. The van der Waals surface area contributed by atoms with Gasteiger partial charge in [-0.3, -0.25) is 0 Å². The predicted octanol–water partition coefficient (Wildman–Crippen LogP) is 5.74. The number of benzene rings is 1. The second-order valence-corrected chi connectivity index (χ2v) is 5.56. The van der Waals surface area contributed by atoms with Crippen LogP contribution >= 0.6 is 34.8 Å². The zero-order valence-corrected chi connectivity index (χ0v) is 14.0. The number of hydrogen-bond donors (Lipinski definition) is 0. The summed E-state index contributed by atoms with van der Waals surface area (Å²) in [5.41, 5.74) is -0.782. The molecule has 0 N–H and O–H groups in total. The van der Waals surface area contributed by atoms with E-state index in [4.69, 9.17) is 44.3 Å². The number of methoxy groups -OCH3 is 2. The average Bonchev–Trinajstić information content (AvgIpc) is 2.48. The van der Waals surface area contributed by atoms with Crippen molar-refractivity contribution in [3.8, 4) is 22.8 Å². The van der Waals surface area contributed by atoms with Gasteiger partial charge in [0.1, 0.15) is 5.75 Å². The van der Waals surface area contributed by atoms with Crippen LogP contribution in [0.1, 0.15) is 5.69 Å². The molecule has 0 saturated heterocycles. The maximum absolute atomic E-state index is 12.9. The molecule has 0 aliphatic carbocycles. The number of pyridine rings is 1. The number of aromatic nitrogens is 1. The summed E-state index contributed by atoms with van der Waals surface area (Å²) < 4.78 is 48.8. The molecule has 0 bridgehead atoms. The van der Waals surface area contributed by atoms with Crippen molar-refractivity contribution in [1.29, 1.82) is 0 Å². The second-order valence-electron chi connectivity index (χ2n) is 4.34. The summed E-state index contributed by atoms with van der Waals surface area (Å²) in [6.07, 6.45) is -4.66. The molecular weight excluding hydrogens is 378 g/mol. The first kappa shape index (κ1) is 18.0. The summed E-state index contributed by atoms with van der Waals surface area (Å²) >= 11 is 18.0. The highest BCUT2D eigenvalue weighted by Gasteiger charge is 2.35. The maximum atomic E-state index is 12.9. The van der Waals surface area contributed by atoms with Crippen LogP contribution in [-0.4, -0.2) is 19.2 Å². The Morgan fingerprint density at radius 1 is 1.00 bits per heavy atom. The van der Waals surface area contributed by atoms with Gasteiger partial charge in [0.05, 0.1) is 29.8 Å². The normalized spacial score (nSPS) is 11.5. The third-order valence-corrected chi connectivity index (χ3v) is 3.94. The molecule has 9 heteroatoms. The second kappa shape index (κ2) is 6.63. The SMILES string of the molecule is COc1cc(C(F)(F)F)nc(OC)c1-c1cc(Cl)cc(Cl)c1Cl. The van der Waals surface area contributed by atoms with Crippen molar-refractivity contribution in [3.63, 3.8) is 0 Å². The van der Waals surface area contributed by atoms with Crippen molar-refractivity contribution < 1.29 is 22.6 Å². The van der Waals surface area contributed by atoms with Crippen LogP contribution in [0.15, 0.2) is 18.2 Å². The van der Waals surface area contributed by atoms with Gasteiger partial charge in [0, 0.05) is 16.7 Å². The molecule has 0 aliphatic rings. The monoisotopic (exact) mass is 385 g/mol. The molecule has 0 aliphatic heterocycles. The molecule has 1 aromatic heterocycles. The van der Waals surface area contributed by atoms with E-state index in [-0.39, 0.29) is 37.8 Å². The van der Waals surface area contributed by atoms with Crippen LogP contribution in [0.25, 0.3) is 11.1 Å². The molecule has 1 aromatic carbocycles. The number of halogens is 6. The minimum atomic E-state index is -4.66. The molecule has 3 nitrogen and oxygen atoms in total. The number of alkyl halides is 3. The Balaban J connectivity index is 2.82. The Bertz CT molecular complexity index is 726. The largest absolute Gasteiger partial charge is 0.496 e. The van der Waals surface area contributed by atoms with Gasteiger partial charge in [-0.15, -0.1) is 0 Å². The van der Waals surface area contributed by atoms with E-state index < -0.39 is 11.9 Å². The lowest BCUT2D eigenvalue weighted by Gasteiger charge is -2.17. The van der Waals surface area contributed by atoms with Crippen molar-refractivity contribution in [3.05, 3.63) is 39.0 Å². The van der Waals surface area contributed by atoms with E-state index in [0.717, 1.165) is 6.07 Å². The Hall–Kier alpha value is -1.37. The molecule has 0 spiro atoms. The van der Waals surface area contributed by atoms with Gasteiger partial charge in [0.25, 0.3) is 0 Å². The van der Waals surface area contributed by atoms with Crippen molar-refractivity contribution in [2.24, 2.45) is 0 Å². The van der Waals surface area contributed by atoms with E-state index in [1.54, 1.807) is 0 Å². The number of nitrogens with zero attached hydrogens (tertiary/aromatic N) is 1. The van der Waals surface area contributed by atoms with Crippen LogP contribution in [0.2, 0.25) is 15.1 Å². The highest BCUT2D eigenvalue weighted by molar-refractivity contribution is 6.45. The topological polar surface area (TPSA) is 31.4 Å². The van der Waals surface area contributed by atoms with Crippen LogP contribution in [0.3, 0.4) is 0 Å². The summed E-state index contributed by atoms with van der Waals surface area (Å²) in [5, 5.41) is 0.478. The molecular formula is C14H9Cl3F3NO2. The zero-order valence-electron chi connectivity index (χ0n) is 11.8. The lowest BCUT2D eigenvalue weighted by atomic mass is 10.0. The van der Waals surface area contributed by atoms with Gasteiger partial charge in [-0.2, -0.15) is 13.2 Å². The average molecular weight is 387 g/mol. The Morgan fingerprint density at radius 2 is 1.65 bits per heavy atom. The van der Waals surface area contributed by atoms with Crippen LogP contribution in [0.5, 0.6) is 11.6 Å². The van der Waals surface area contributed by atoms with Crippen molar-refractivity contribution >= 4 is 34.8 Å². The Labute approximate surface area is 144 Å². The quantitative estimate of drug-likeness (QED) is 0.630. The summed E-state index contributed by atoms with van der Waals surface area (Å²) in [6.45, 7) is 0. The van der Waals surface area contributed by atoms with Crippen LogP contribution in [0.4, 0.5) is 13.2 Å². The van der Waals surface area contributed by atoms with Gasteiger partial charge in [0.15, 0.2) is 5.69 Å². The molecule has 0 fully saturated rings. The van der Waals surface area contributed by atoms with E-state index in [0.29, 0.717) is 0 Å². The van der Waals surface area contributed by atoms with Gasteiger partial charge in [-0.05, 0) is 12.1 Å². The van der Waals surface area contributed by atoms with Gasteiger partial charge in [0.2, 0.25) is 5.88 Å². The first-order valence-electron chi connectivity index (χ1n) is 6.04. The molecule has 2 aromatic rings. The van der Waals surface area contributed by atoms with Gasteiger partial charge < -0.3 is 9.47 Å². The first-order valence-corrected chi connectivity index (χ1v) is 7.17. The molecule has 0 amide bonds. The van der Waals surface area contributed by atoms with Crippen molar-refractivity contribution in [2.75, 3.05) is 14.2 Å². The van der Waals surface area contributed by atoms with Crippen LogP contribution in [-0.2, 0) is 6.18 Å². The fourth-order valence-electron chi connectivity index (χ4n) is 1.94. The van der Waals surface area contributed by atoms with Gasteiger partial charge in [-0.25, -0.2) is 4.98 Å². The standard InChI is InChI=1S/C14H9Cl3F3NO2/c1-22-9-5-10(14(18,19)20)21-13(23-2)11(9)7-3-6(15)4-8(16)12(7)17/h3-5H,1-2H3. The maximum Gasteiger partial charge on any atom is 0.433 e. The van der Waals surface area contributed by atoms with E-state index >= 15 is 0 Å². The van der Waals surface area contributed by atoms with Crippen LogP contribution < -0.4 is 9.47 Å². The highest BCUT2D eigenvalue weighted by Crippen LogP contribution is 2.46. The van der Waals surface area contributed by atoms with Gasteiger partial charge in [-0.1, -0.05) is 34.8 Å². The molecule has 2 rings (SSSR count). The smallest absolute Gasteiger partial charge is 0.433 e. The highest BCUT2D eigenvalue weighted by atomic mass is 35.5. The number of ether oxygens (including phenoxy) is 2. The van der Waals surface area contributed by atoms with E-state index in [1.807, 2.05) is 0 Å². The molecule has 0 unspecified atom stereocenters. The molecule has 124 valence electrons. The zero-order chi connectivity index (χ0) is 17.4. The molecule has 1 heterocycles. The molecule has 0 radical (unpaired) electrons. The number of hydrogen-bond acceptors (Lipinski definition) is 3. The van der Waals surface area contributed by atoms with Crippen molar-refractivity contribution in [1.82, 2.24) is 4.98 Å². The Morgan fingerprint density at radius 3 is 2.17 bits per heavy atom. The first-order chi connectivity index (χ1) is 10.7. The fourth-order valence-corrected chi connectivity index (χ4v) is 2.64. The molecule has 23 heavy (non-hydrogen) atoms. The predicted molar refractivity (Wildman–Crippen MR) is 82.8 cm³/mol. The van der Waals surface area contributed by atoms with Crippen LogP contribution in [0, 0.1) is 0 Å². The summed E-state index contributed by atoms with van der Waals surface area (Å²) in [4.78, 5) is 3.48. The number of rotatable bonds is 3. The van der Waals surface area contributed by atoms with E-state index in [1.165, 1.54) is 26.4 Å².